The van der Waals surface area contributed by atoms with Gasteiger partial charge in [-0.25, -0.2) is 5.10 Å². The lowest BCUT2D eigenvalue weighted by Gasteiger charge is -2.26. The van der Waals surface area contributed by atoms with Gasteiger partial charge < -0.3 is 16.0 Å². The molecule has 0 saturated carbocycles. The molecule has 0 amide bonds. The van der Waals surface area contributed by atoms with Gasteiger partial charge in [0.15, 0.2) is 5.11 Å². The van der Waals surface area contributed by atoms with E-state index in [1.165, 1.54) is 25.7 Å². The first-order valence-corrected chi connectivity index (χ1v) is 9.97. The zero-order valence-corrected chi connectivity index (χ0v) is 16.4. The average Bonchev–Trinajstić information content (AvgIpc) is 2.97. The number of aromatic amines is 1. The van der Waals surface area contributed by atoms with Gasteiger partial charge in [-0.1, -0.05) is 37.1 Å². The third kappa shape index (κ3) is 3.71. The van der Waals surface area contributed by atoms with E-state index in [0.29, 0.717) is 5.39 Å². The number of fused-ring (bicyclic) bond motifs is 1. The fourth-order valence-electron chi connectivity index (χ4n) is 3.84. The van der Waals surface area contributed by atoms with E-state index in [1.807, 2.05) is 30.3 Å². The topological polar surface area (TPSA) is 87.0 Å². The van der Waals surface area contributed by atoms with Crippen LogP contribution >= 0.6 is 12.2 Å². The Labute approximate surface area is 168 Å². The van der Waals surface area contributed by atoms with Crippen molar-refractivity contribution in [2.24, 2.45) is 5.73 Å². The second kappa shape index (κ2) is 7.98. The van der Waals surface area contributed by atoms with E-state index in [2.05, 4.69) is 26.5 Å². The summed E-state index contributed by atoms with van der Waals surface area (Å²) in [6.07, 6.45) is 4.89. The van der Waals surface area contributed by atoms with Gasteiger partial charge in [0.1, 0.15) is 0 Å². The Hall–Kier alpha value is -2.93. The van der Waals surface area contributed by atoms with Crippen LogP contribution in [0, 0.1) is 0 Å². The molecule has 1 saturated heterocycles. The fourth-order valence-corrected chi connectivity index (χ4v) is 3.95. The van der Waals surface area contributed by atoms with E-state index in [-0.39, 0.29) is 10.7 Å². The van der Waals surface area contributed by atoms with Crippen molar-refractivity contribution in [2.75, 3.05) is 23.3 Å². The Morgan fingerprint density at radius 3 is 2.50 bits per heavy atom. The molecule has 28 heavy (non-hydrogen) atoms. The Bertz CT molecular complexity index is 1070. The van der Waals surface area contributed by atoms with Gasteiger partial charge in [-0.2, -0.15) is 5.10 Å². The van der Waals surface area contributed by atoms with Crippen molar-refractivity contribution in [1.82, 2.24) is 10.2 Å². The van der Waals surface area contributed by atoms with E-state index in [0.717, 1.165) is 41.1 Å². The molecule has 144 valence electrons. The van der Waals surface area contributed by atoms with Crippen molar-refractivity contribution in [3.63, 3.8) is 0 Å². The van der Waals surface area contributed by atoms with Gasteiger partial charge >= 0.3 is 0 Å². The standard InChI is InChI=1S/C21H23N5OS/c22-21(28)23-17-13-14(9-10-18(17)26-11-5-1-2-6-12-26)19-15-7-3-4-8-16(15)20(27)25-24-19/h3-4,7-10,13H,1-2,5-6,11-12H2,(H,25,27)(H3,22,23,28). The van der Waals surface area contributed by atoms with E-state index >= 15 is 0 Å². The Morgan fingerprint density at radius 1 is 1.07 bits per heavy atom. The van der Waals surface area contributed by atoms with Crippen LogP contribution in [-0.2, 0) is 0 Å². The van der Waals surface area contributed by atoms with Crippen molar-refractivity contribution >= 4 is 39.5 Å². The third-order valence-electron chi connectivity index (χ3n) is 5.17. The van der Waals surface area contributed by atoms with Gasteiger partial charge in [0.2, 0.25) is 0 Å². The molecule has 6 nitrogen and oxygen atoms in total. The number of nitrogens with two attached hydrogens (primary N) is 1. The lowest BCUT2D eigenvalue weighted by atomic mass is 10.0. The van der Waals surface area contributed by atoms with Crippen LogP contribution in [0.1, 0.15) is 25.7 Å². The van der Waals surface area contributed by atoms with Crippen molar-refractivity contribution in [2.45, 2.75) is 25.7 Å². The van der Waals surface area contributed by atoms with Crippen LogP contribution in [0.25, 0.3) is 22.0 Å². The first-order valence-electron chi connectivity index (χ1n) is 9.57. The monoisotopic (exact) mass is 393 g/mol. The summed E-state index contributed by atoms with van der Waals surface area (Å²) in [7, 11) is 0. The minimum atomic E-state index is -0.193. The molecule has 0 bridgehead atoms. The van der Waals surface area contributed by atoms with Crippen LogP contribution in [0.15, 0.2) is 47.3 Å². The average molecular weight is 394 g/mol. The van der Waals surface area contributed by atoms with Gasteiger partial charge in [-0.15, -0.1) is 0 Å². The summed E-state index contributed by atoms with van der Waals surface area (Å²) in [6, 6.07) is 13.6. The molecule has 2 aromatic carbocycles. The molecule has 4 rings (SSSR count). The SMILES string of the molecule is NC(=S)Nc1cc(-c2n[nH]c(=O)c3ccccc23)ccc1N1CCCCCC1. The predicted octanol–water partition coefficient (Wildman–Crippen LogP) is 3.63. The highest BCUT2D eigenvalue weighted by atomic mass is 32.1. The maximum Gasteiger partial charge on any atom is 0.272 e. The van der Waals surface area contributed by atoms with Crippen molar-refractivity contribution < 1.29 is 0 Å². The first kappa shape index (κ1) is 18.4. The molecule has 0 atom stereocenters. The number of thiocarbonyl (C=S) groups is 1. The van der Waals surface area contributed by atoms with Crippen LogP contribution in [-0.4, -0.2) is 28.4 Å². The molecule has 4 N–H and O–H groups in total. The normalized spacial score (nSPS) is 14.6. The summed E-state index contributed by atoms with van der Waals surface area (Å²) in [4.78, 5) is 14.5. The molecular formula is C21H23N5OS. The zero-order chi connectivity index (χ0) is 19.5. The number of anilines is 2. The number of hydrogen-bond acceptors (Lipinski definition) is 4. The molecule has 0 radical (unpaired) electrons. The van der Waals surface area contributed by atoms with Gasteiger partial charge in [-0.3, -0.25) is 4.79 Å². The summed E-state index contributed by atoms with van der Waals surface area (Å²) in [5.41, 5.74) is 9.17. The van der Waals surface area contributed by atoms with Crippen LogP contribution < -0.4 is 21.5 Å². The molecule has 1 aliphatic heterocycles. The quantitative estimate of drug-likeness (QED) is 0.589. The van der Waals surface area contributed by atoms with Gasteiger partial charge in [0.05, 0.1) is 22.5 Å². The van der Waals surface area contributed by atoms with Crippen LogP contribution in [0.4, 0.5) is 11.4 Å². The molecule has 1 fully saturated rings. The van der Waals surface area contributed by atoms with E-state index in [4.69, 9.17) is 18.0 Å². The van der Waals surface area contributed by atoms with Crippen LogP contribution in [0.3, 0.4) is 0 Å². The number of rotatable bonds is 3. The zero-order valence-electron chi connectivity index (χ0n) is 15.6. The second-order valence-corrected chi connectivity index (χ2v) is 7.51. The first-order chi connectivity index (χ1) is 13.6. The van der Waals surface area contributed by atoms with Crippen molar-refractivity contribution in [3.05, 3.63) is 52.8 Å². The van der Waals surface area contributed by atoms with Gasteiger partial charge in [-0.05, 0) is 43.3 Å². The van der Waals surface area contributed by atoms with E-state index < -0.39 is 0 Å². The summed E-state index contributed by atoms with van der Waals surface area (Å²) in [5.74, 6) is 0. The number of nitrogens with zero attached hydrogens (tertiary/aromatic N) is 2. The highest BCUT2D eigenvalue weighted by Crippen LogP contribution is 2.34. The second-order valence-electron chi connectivity index (χ2n) is 7.07. The molecule has 7 heteroatoms. The van der Waals surface area contributed by atoms with Crippen molar-refractivity contribution in [3.8, 4) is 11.3 Å². The highest BCUT2D eigenvalue weighted by Gasteiger charge is 2.16. The molecule has 1 aliphatic rings. The number of H-pyrrole nitrogens is 1. The molecule has 1 aromatic heterocycles. The molecular weight excluding hydrogens is 370 g/mol. The minimum absolute atomic E-state index is 0.193. The third-order valence-corrected chi connectivity index (χ3v) is 5.27. The maximum absolute atomic E-state index is 12.1. The fraction of sp³-hybridized carbons (Fsp3) is 0.286. The van der Waals surface area contributed by atoms with Gasteiger partial charge in [0.25, 0.3) is 5.56 Å². The number of aromatic nitrogens is 2. The number of hydrogen-bond donors (Lipinski definition) is 3. The summed E-state index contributed by atoms with van der Waals surface area (Å²) < 4.78 is 0. The van der Waals surface area contributed by atoms with Gasteiger partial charge in [0, 0.05) is 24.0 Å². The highest BCUT2D eigenvalue weighted by molar-refractivity contribution is 7.80. The lowest BCUT2D eigenvalue weighted by Crippen LogP contribution is -2.27. The van der Waals surface area contributed by atoms with Crippen LogP contribution in [0.5, 0.6) is 0 Å². The van der Waals surface area contributed by atoms with Crippen LogP contribution in [0.2, 0.25) is 0 Å². The molecule has 0 unspecified atom stereocenters. The maximum atomic E-state index is 12.1. The number of nitrogens with one attached hydrogen (secondary N) is 2. The predicted molar refractivity (Wildman–Crippen MR) is 119 cm³/mol. The minimum Gasteiger partial charge on any atom is -0.376 e. The smallest absolute Gasteiger partial charge is 0.272 e. The van der Waals surface area contributed by atoms with E-state index in [9.17, 15) is 4.79 Å². The molecule has 2 heterocycles. The summed E-state index contributed by atoms with van der Waals surface area (Å²) >= 11 is 5.10. The Kier molecular flexibility index (Phi) is 5.25. The summed E-state index contributed by atoms with van der Waals surface area (Å²) in [6.45, 7) is 2.04. The molecule has 0 aliphatic carbocycles. The molecule has 0 spiro atoms. The lowest BCUT2D eigenvalue weighted by molar-refractivity contribution is 0.726. The summed E-state index contributed by atoms with van der Waals surface area (Å²) in [5, 5.41) is 11.7. The van der Waals surface area contributed by atoms with Crippen molar-refractivity contribution in [1.29, 1.82) is 0 Å². The van der Waals surface area contributed by atoms with E-state index in [1.54, 1.807) is 6.07 Å². The Morgan fingerprint density at radius 2 is 1.79 bits per heavy atom. The Balaban J connectivity index is 1.82. The number of benzene rings is 2. The molecule has 3 aromatic rings. The largest absolute Gasteiger partial charge is 0.376 e.